The first-order valence-corrected chi connectivity index (χ1v) is 12.2. The van der Waals surface area contributed by atoms with Crippen molar-refractivity contribution in [1.29, 1.82) is 0 Å². The number of rotatable bonds is 6. The predicted octanol–water partition coefficient (Wildman–Crippen LogP) is 4.27. The number of piperidine rings is 1. The summed E-state index contributed by atoms with van der Waals surface area (Å²) in [5.41, 5.74) is 2.99. The normalized spacial score (nSPS) is 18.3. The van der Waals surface area contributed by atoms with Crippen LogP contribution in [0, 0.1) is 12.8 Å². The summed E-state index contributed by atoms with van der Waals surface area (Å²) in [6.45, 7) is 6.66. The van der Waals surface area contributed by atoms with E-state index in [1.807, 2.05) is 43.3 Å². The van der Waals surface area contributed by atoms with Crippen molar-refractivity contribution in [3.63, 3.8) is 0 Å². The van der Waals surface area contributed by atoms with Crippen molar-refractivity contribution < 1.29 is 14.3 Å². The van der Waals surface area contributed by atoms with Crippen molar-refractivity contribution >= 4 is 23.1 Å². The second kappa shape index (κ2) is 10.7. The van der Waals surface area contributed by atoms with E-state index >= 15 is 0 Å². The number of benzene rings is 2. The minimum Gasteiger partial charge on any atom is -0.436 e. The molecule has 1 N–H and O–H groups in total. The summed E-state index contributed by atoms with van der Waals surface area (Å²) in [7, 11) is 0. The Balaban J connectivity index is 1.24. The Morgan fingerprint density at radius 2 is 1.77 bits per heavy atom. The van der Waals surface area contributed by atoms with Gasteiger partial charge in [0.1, 0.15) is 5.75 Å². The lowest BCUT2D eigenvalue weighted by Crippen LogP contribution is -2.41. The Hall–Kier alpha value is -3.65. The molecule has 2 aromatic carbocycles. The molecule has 8 nitrogen and oxygen atoms in total. The van der Waals surface area contributed by atoms with Crippen LogP contribution in [0.15, 0.2) is 60.9 Å². The van der Waals surface area contributed by atoms with Gasteiger partial charge in [0.2, 0.25) is 5.91 Å². The number of morpholine rings is 1. The lowest BCUT2D eigenvalue weighted by Gasteiger charge is -2.33. The molecule has 1 atom stereocenters. The molecular weight excluding hydrogens is 442 g/mol. The van der Waals surface area contributed by atoms with Gasteiger partial charge in [-0.05, 0) is 55.7 Å². The average molecular weight is 474 g/mol. The minimum absolute atomic E-state index is 0.0269. The van der Waals surface area contributed by atoms with Crippen LogP contribution < -0.4 is 19.9 Å². The third kappa shape index (κ3) is 5.54. The molecule has 0 radical (unpaired) electrons. The molecule has 0 spiro atoms. The molecule has 0 aliphatic carbocycles. The molecule has 35 heavy (non-hydrogen) atoms. The number of carbonyl (C=O) groups is 1. The third-order valence-electron chi connectivity index (χ3n) is 6.55. The van der Waals surface area contributed by atoms with Gasteiger partial charge in [0.05, 0.1) is 19.1 Å². The van der Waals surface area contributed by atoms with Crippen molar-refractivity contribution in [1.82, 2.24) is 9.97 Å². The zero-order chi connectivity index (χ0) is 24.0. The van der Waals surface area contributed by atoms with E-state index in [1.165, 1.54) is 0 Å². The zero-order valence-corrected chi connectivity index (χ0v) is 20.0. The lowest BCUT2D eigenvalue weighted by atomic mass is 9.97. The Bertz CT molecular complexity index is 1150. The summed E-state index contributed by atoms with van der Waals surface area (Å²) in [6.07, 6.45) is 5.03. The first-order chi connectivity index (χ1) is 17.2. The van der Waals surface area contributed by atoms with Crippen molar-refractivity contribution in [2.24, 2.45) is 5.92 Å². The summed E-state index contributed by atoms with van der Waals surface area (Å²) in [6, 6.07) is 15.9. The molecule has 182 valence electrons. The maximum Gasteiger partial charge on any atom is 0.263 e. The highest BCUT2D eigenvalue weighted by Gasteiger charge is 2.29. The molecular formula is C27H31N5O3. The Morgan fingerprint density at radius 3 is 2.57 bits per heavy atom. The Morgan fingerprint density at radius 1 is 1.00 bits per heavy atom. The van der Waals surface area contributed by atoms with Gasteiger partial charge < -0.3 is 24.6 Å². The zero-order valence-electron chi connectivity index (χ0n) is 20.0. The molecule has 0 bridgehead atoms. The number of nitrogens with one attached hydrogen (secondary N) is 1. The number of hydrogen-bond donors (Lipinski definition) is 1. The smallest absolute Gasteiger partial charge is 0.263 e. The highest BCUT2D eigenvalue weighted by Crippen LogP contribution is 2.32. The fraction of sp³-hybridized carbons (Fsp3) is 0.370. The number of para-hydroxylation sites is 1. The van der Waals surface area contributed by atoms with E-state index in [2.05, 4.69) is 37.2 Å². The summed E-state index contributed by atoms with van der Waals surface area (Å²) < 4.78 is 11.5. The fourth-order valence-corrected chi connectivity index (χ4v) is 4.59. The van der Waals surface area contributed by atoms with E-state index in [9.17, 15) is 4.79 Å². The van der Waals surface area contributed by atoms with E-state index < -0.39 is 0 Å². The number of ether oxygens (including phenoxy) is 2. The maximum absolute atomic E-state index is 13.1. The van der Waals surface area contributed by atoms with Gasteiger partial charge >= 0.3 is 0 Å². The molecule has 2 aliphatic heterocycles. The first kappa shape index (κ1) is 23.1. The van der Waals surface area contributed by atoms with Gasteiger partial charge in [-0.1, -0.05) is 18.2 Å². The predicted molar refractivity (Wildman–Crippen MR) is 136 cm³/mol. The molecule has 0 saturated carbocycles. The Kier molecular flexibility index (Phi) is 7.09. The lowest BCUT2D eigenvalue weighted by molar-refractivity contribution is -0.120. The molecule has 2 saturated heterocycles. The van der Waals surface area contributed by atoms with Crippen molar-refractivity contribution in [3.8, 4) is 11.6 Å². The molecule has 8 heteroatoms. The number of aromatic nitrogens is 2. The highest BCUT2D eigenvalue weighted by molar-refractivity contribution is 5.93. The molecule has 2 fully saturated rings. The Labute approximate surface area is 205 Å². The van der Waals surface area contributed by atoms with E-state index in [1.54, 1.807) is 12.4 Å². The van der Waals surface area contributed by atoms with Crippen LogP contribution in [0.5, 0.6) is 11.6 Å². The van der Waals surface area contributed by atoms with E-state index in [0.29, 0.717) is 18.2 Å². The van der Waals surface area contributed by atoms with Crippen LogP contribution in [0.4, 0.5) is 17.2 Å². The van der Waals surface area contributed by atoms with Gasteiger partial charge in [0.25, 0.3) is 5.88 Å². The number of amides is 1. The molecule has 3 heterocycles. The maximum atomic E-state index is 13.1. The van der Waals surface area contributed by atoms with Crippen LogP contribution >= 0.6 is 0 Å². The molecule has 5 rings (SSSR count). The van der Waals surface area contributed by atoms with Crippen molar-refractivity contribution in [3.05, 3.63) is 66.5 Å². The topological polar surface area (TPSA) is 79.8 Å². The van der Waals surface area contributed by atoms with Gasteiger partial charge in [-0.2, -0.15) is 0 Å². The SMILES string of the molecule is Cc1ccccc1Oc1nccnc1N1CCC[C@@H](C(=O)Nc2ccc(N3CCOCC3)cc2)C1. The van der Waals surface area contributed by atoms with Gasteiger partial charge in [-0.25, -0.2) is 9.97 Å². The molecule has 1 aromatic heterocycles. The van der Waals surface area contributed by atoms with Crippen molar-refractivity contribution in [2.75, 3.05) is 54.5 Å². The number of aryl methyl sites for hydroxylation is 1. The van der Waals surface area contributed by atoms with Crippen LogP contribution in [0.25, 0.3) is 0 Å². The van der Waals surface area contributed by atoms with Gasteiger partial charge in [0, 0.05) is 49.9 Å². The van der Waals surface area contributed by atoms with E-state index in [4.69, 9.17) is 9.47 Å². The van der Waals surface area contributed by atoms with Crippen molar-refractivity contribution in [2.45, 2.75) is 19.8 Å². The second-order valence-corrected chi connectivity index (χ2v) is 8.97. The summed E-state index contributed by atoms with van der Waals surface area (Å²) in [5, 5.41) is 3.10. The molecule has 3 aromatic rings. The average Bonchev–Trinajstić information content (AvgIpc) is 2.91. The summed E-state index contributed by atoms with van der Waals surface area (Å²) in [4.78, 5) is 26.5. The number of anilines is 3. The monoisotopic (exact) mass is 473 g/mol. The first-order valence-electron chi connectivity index (χ1n) is 12.2. The number of nitrogens with zero attached hydrogens (tertiary/aromatic N) is 4. The summed E-state index contributed by atoms with van der Waals surface area (Å²) >= 11 is 0. The molecule has 0 unspecified atom stereocenters. The van der Waals surface area contributed by atoms with Crippen LogP contribution in [-0.4, -0.2) is 55.3 Å². The minimum atomic E-state index is -0.143. The third-order valence-corrected chi connectivity index (χ3v) is 6.55. The second-order valence-electron chi connectivity index (χ2n) is 8.97. The highest BCUT2D eigenvalue weighted by atomic mass is 16.5. The quantitative estimate of drug-likeness (QED) is 0.573. The largest absolute Gasteiger partial charge is 0.436 e. The van der Waals surface area contributed by atoms with Gasteiger partial charge in [-0.15, -0.1) is 0 Å². The fourth-order valence-electron chi connectivity index (χ4n) is 4.59. The van der Waals surface area contributed by atoms with Crippen LogP contribution in [0.1, 0.15) is 18.4 Å². The standard InChI is InChI=1S/C27H31N5O3/c1-20-5-2-3-7-24(20)35-27-25(28-12-13-29-27)32-14-4-6-21(19-32)26(33)30-22-8-10-23(11-9-22)31-15-17-34-18-16-31/h2-3,5,7-13,21H,4,6,14-19H2,1H3,(H,30,33)/t21-/m1/s1. The van der Waals surface area contributed by atoms with Crippen LogP contribution in [-0.2, 0) is 9.53 Å². The summed E-state index contributed by atoms with van der Waals surface area (Å²) in [5.74, 6) is 1.76. The van der Waals surface area contributed by atoms with Crippen LogP contribution in [0.2, 0.25) is 0 Å². The van der Waals surface area contributed by atoms with Gasteiger partial charge in [-0.3, -0.25) is 4.79 Å². The number of hydrogen-bond acceptors (Lipinski definition) is 7. The van der Waals surface area contributed by atoms with Gasteiger partial charge in [0.15, 0.2) is 5.82 Å². The van der Waals surface area contributed by atoms with Crippen LogP contribution in [0.3, 0.4) is 0 Å². The van der Waals surface area contributed by atoms with E-state index in [-0.39, 0.29) is 11.8 Å². The van der Waals surface area contributed by atoms with E-state index in [0.717, 1.165) is 68.4 Å². The number of carbonyl (C=O) groups excluding carboxylic acids is 1. The molecule has 2 aliphatic rings. The molecule has 1 amide bonds.